The summed E-state index contributed by atoms with van der Waals surface area (Å²) in [4.78, 5) is 10.2. The van der Waals surface area contributed by atoms with Gasteiger partial charge in [-0.1, -0.05) is 13.8 Å². The Labute approximate surface area is 80.3 Å². The van der Waals surface area contributed by atoms with Crippen molar-refractivity contribution in [1.29, 1.82) is 0 Å². The molecule has 0 bridgehead atoms. The fraction of sp³-hybridized carbons (Fsp3) is 0.857. The van der Waals surface area contributed by atoms with Crippen LogP contribution in [0.2, 0.25) is 0 Å². The van der Waals surface area contributed by atoms with Crippen LogP contribution in [0.25, 0.3) is 0 Å². The number of ether oxygens (including phenoxy) is 1. The van der Waals surface area contributed by atoms with E-state index in [2.05, 4.69) is 13.8 Å². The van der Waals surface area contributed by atoms with Gasteiger partial charge in [0.1, 0.15) is 0 Å². The fourth-order valence-electron chi connectivity index (χ4n) is 0.479. The van der Waals surface area contributed by atoms with E-state index in [9.17, 15) is 4.79 Å². The van der Waals surface area contributed by atoms with E-state index in [1.807, 2.05) is 0 Å². The van der Waals surface area contributed by atoms with Gasteiger partial charge in [-0.2, -0.15) is 0 Å². The maximum absolute atomic E-state index is 10.2. The summed E-state index contributed by atoms with van der Waals surface area (Å²) in [6, 6.07) is 0. The first-order chi connectivity index (χ1) is 5.04. The molecule has 4 heteroatoms. The Morgan fingerprint density at radius 3 is 2.55 bits per heavy atom. The highest BCUT2D eigenvalue weighted by atomic mass is 127. The molecule has 0 saturated carbocycles. The zero-order valence-electron chi connectivity index (χ0n) is 6.71. The lowest BCUT2D eigenvalue weighted by atomic mass is 10.1. The SMILES string of the molecule is CC(C)CCOC(I)C(=O)O. The number of hydrogen-bond donors (Lipinski definition) is 1. The molecule has 0 rings (SSSR count). The molecule has 0 radical (unpaired) electrons. The third-order valence-electron chi connectivity index (χ3n) is 1.15. The zero-order chi connectivity index (χ0) is 8.85. The molecule has 0 aliphatic heterocycles. The van der Waals surface area contributed by atoms with E-state index in [1.54, 1.807) is 22.6 Å². The molecule has 0 amide bonds. The number of hydrogen-bond acceptors (Lipinski definition) is 2. The Kier molecular flexibility index (Phi) is 5.85. The van der Waals surface area contributed by atoms with Gasteiger partial charge in [0.25, 0.3) is 0 Å². The maximum Gasteiger partial charge on any atom is 0.343 e. The van der Waals surface area contributed by atoms with Crippen LogP contribution in [0, 0.1) is 5.92 Å². The molecular weight excluding hydrogens is 259 g/mol. The topological polar surface area (TPSA) is 46.5 Å². The molecule has 3 nitrogen and oxygen atoms in total. The average molecular weight is 272 g/mol. The first-order valence-corrected chi connectivity index (χ1v) is 4.77. The summed E-state index contributed by atoms with van der Waals surface area (Å²) in [5.74, 6) is -0.346. The summed E-state index contributed by atoms with van der Waals surface area (Å²) in [6.07, 6.45) is 0.910. The predicted octanol–water partition coefficient (Wildman–Crippen LogP) is 1.89. The number of carboxylic acids is 1. The summed E-state index contributed by atoms with van der Waals surface area (Å²) < 4.78 is 4.30. The molecule has 0 aliphatic rings. The number of aliphatic carboxylic acids is 1. The maximum atomic E-state index is 10.2. The van der Waals surface area contributed by atoms with Crippen molar-refractivity contribution >= 4 is 28.6 Å². The molecule has 1 N–H and O–H groups in total. The largest absolute Gasteiger partial charge is 0.479 e. The average Bonchev–Trinajstić information content (AvgIpc) is 1.86. The lowest BCUT2D eigenvalue weighted by molar-refractivity contribution is -0.143. The monoisotopic (exact) mass is 272 g/mol. The smallest absolute Gasteiger partial charge is 0.343 e. The Bertz CT molecular complexity index is 125. The standard InChI is InChI=1S/C7H13IO3/c1-5(2)3-4-11-6(8)7(9)10/h5-6H,3-4H2,1-2H3,(H,9,10). The lowest BCUT2D eigenvalue weighted by Gasteiger charge is -2.07. The van der Waals surface area contributed by atoms with Crippen LogP contribution in [0.15, 0.2) is 0 Å². The summed E-state index contributed by atoms with van der Waals surface area (Å²) in [7, 11) is 0. The summed E-state index contributed by atoms with van der Waals surface area (Å²) >= 11 is 1.76. The molecule has 0 saturated heterocycles. The summed E-state index contributed by atoms with van der Waals surface area (Å²) in [5.41, 5.74) is 0. The lowest BCUT2D eigenvalue weighted by Crippen LogP contribution is -2.17. The highest BCUT2D eigenvalue weighted by molar-refractivity contribution is 14.1. The zero-order valence-corrected chi connectivity index (χ0v) is 8.87. The molecule has 0 spiro atoms. The van der Waals surface area contributed by atoms with Crippen molar-refractivity contribution in [3.05, 3.63) is 0 Å². The van der Waals surface area contributed by atoms with Crippen LogP contribution in [-0.2, 0) is 9.53 Å². The molecule has 66 valence electrons. The van der Waals surface area contributed by atoms with Crippen molar-refractivity contribution in [2.24, 2.45) is 5.92 Å². The van der Waals surface area contributed by atoms with E-state index >= 15 is 0 Å². The van der Waals surface area contributed by atoms with Crippen molar-refractivity contribution in [2.75, 3.05) is 6.61 Å². The molecule has 0 aromatic carbocycles. The van der Waals surface area contributed by atoms with Gasteiger partial charge in [0, 0.05) is 6.61 Å². The van der Waals surface area contributed by atoms with Crippen LogP contribution >= 0.6 is 22.6 Å². The van der Waals surface area contributed by atoms with Gasteiger partial charge in [0.2, 0.25) is 4.11 Å². The van der Waals surface area contributed by atoms with Crippen LogP contribution < -0.4 is 0 Å². The first-order valence-electron chi connectivity index (χ1n) is 3.52. The van der Waals surface area contributed by atoms with Crippen LogP contribution in [0.1, 0.15) is 20.3 Å². The van der Waals surface area contributed by atoms with Crippen LogP contribution in [0.5, 0.6) is 0 Å². The van der Waals surface area contributed by atoms with Gasteiger partial charge in [0.05, 0.1) is 0 Å². The Morgan fingerprint density at radius 2 is 2.18 bits per heavy atom. The van der Waals surface area contributed by atoms with Gasteiger partial charge in [0.15, 0.2) is 0 Å². The van der Waals surface area contributed by atoms with Gasteiger partial charge in [-0.3, -0.25) is 0 Å². The second kappa shape index (κ2) is 5.77. The molecule has 1 atom stereocenters. The second-order valence-electron chi connectivity index (χ2n) is 2.71. The van der Waals surface area contributed by atoms with Gasteiger partial charge >= 0.3 is 5.97 Å². The minimum Gasteiger partial charge on any atom is -0.479 e. The molecule has 0 aromatic heterocycles. The van der Waals surface area contributed by atoms with Crippen LogP contribution in [-0.4, -0.2) is 21.8 Å². The van der Waals surface area contributed by atoms with Gasteiger partial charge in [-0.15, -0.1) is 0 Å². The third kappa shape index (κ3) is 6.55. The summed E-state index contributed by atoms with van der Waals surface area (Å²) in [5, 5.41) is 8.41. The van der Waals surface area contributed by atoms with Crippen molar-refractivity contribution in [3.63, 3.8) is 0 Å². The molecule has 0 heterocycles. The number of carbonyl (C=O) groups is 1. The molecule has 1 unspecified atom stereocenters. The van der Waals surface area contributed by atoms with Gasteiger partial charge in [-0.05, 0) is 34.9 Å². The number of alkyl halides is 1. The summed E-state index contributed by atoms with van der Waals surface area (Å²) in [6.45, 7) is 4.68. The van der Waals surface area contributed by atoms with Crippen LogP contribution in [0.4, 0.5) is 0 Å². The Hall–Kier alpha value is 0.160. The van der Waals surface area contributed by atoms with Crippen molar-refractivity contribution in [1.82, 2.24) is 0 Å². The molecule has 0 fully saturated rings. The second-order valence-corrected chi connectivity index (χ2v) is 3.84. The van der Waals surface area contributed by atoms with Crippen molar-refractivity contribution in [2.45, 2.75) is 24.4 Å². The minimum absolute atomic E-state index is 0.525. The molecule has 0 aromatic rings. The predicted molar refractivity (Wildman–Crippen MR) is 50.9 cm³/mol. The fourth-order valence-corrected chi connectivity index (χ4v) is 0.733. The minimum atomic E-state index is -0.908. The Balaban J connectivity index is 3.31. The molecule has 11 heavy (non-hydrogen) atoms. The molecular formula is C7H13IO3. The molecule has 0 aliphatic carbocycles. The first kappa shape index (κ1) is 11.2. The van der Waals surface area contributed by atoms with E-state index < -0.39 is 10.1 Å². The number of rotatable bonds is 5. The van der Waals surface area contributed by atoms with E-state index in [4.69, 9.17) is 9.84 Å². The quantitative estimate of drug-likeness (QED) is 0.614. The number of halogens is 1. The van der Waals surface area contributed by atoms with Crippen molar-refractivity contribution < 1.29 is 14.6 Å². The normalized spacial score (nSPS) is 13.5. The van der Waals surface area contributed by atoms with Crippen LogP contribution in [0.3, 0.4) is 0 Å². The highest BCUT2D eigenvalue weighted by Gasteiger charge is 2.12. The van der Waals surface area contributed by atoms with Crippen molar-refractivity contribution in [3.8, 4) is 0 Å². The third-order valence-corrected chi connectivity index (χ3v) is 2.05. The van der Waals surface area contributed by atoms with E-state index in [0.717, 1.165) is 6.42 Å². The van der Waals surface area contributed by atoms with Gasteiger partial charge < -0.3 is 9.84 Å². The van der Waals surface area contributed by atoms with Gasteiger partial charge in [-0.25, -0.2) is 4.79 Å². The van der Waals surface area contributed by atoms with E-state index in [1.165, 1.54) is 0 Å². The highest BCUT2D eigenvalue weighted by Crippen LogP contribution is 2.06. The number of carboxylic acid groups (broad SMARTS) is 1. The Morgan fingerprint density at radius 1 is 1.64 bits per heavy atom. The van der Waals surface area contributed by atoms with E-state index in [-0.39, 0.29) is 0 Å². The van der Waals surface area contributed by atoms with E-state index in [0.29, 0.717) is 12.5 Å².